The number of nitrogens with two attached hydrogens (primary N) is 1. The van der Waals surface area contributed by atoms with Crippen LogP contribution in [0.5, 0.6) is 5.75 Å². The number of aliphatic hydroxyl groups excluding tert-OH is 1. The molecule has 3 unspecified atom stereocenters. The second-order valence-electron chi connectivity index (χ2n) is 12.8. The quantitative estimate of drug-likeness (QED) is 0.102. The van der Waals surface area contributed by atoms with Gasteiger partial charge in [-0.1, -0.05) is 37.1 Å². The number of fused-ring (bicyclic) bond motifs is 1. The van der Waals surface area contributed by atoms with Gasteiger partial charge in [0, 0.05) is 34.0 Å². The zero-order chi connectivity index (χ0) is 34.6. The Morgan fingerprint density at radius 3 is 2.44 bits per heavy atom. The first-order chi connectivity index (χ1) is 22.8. The monoisotopic (exact) mass is 669 g/mol. The highest BCUT2D eigenvalue weighted by molar-refractivity contribution is 5.99. The molecular weight excluding hydrogens is 627 g/mol. The number of rotatable bonds is 13. The predicted molar refractivity (Wildman–Crippen MR) is 174 cm³/mol. The van der Waals surface area contributed by atoms with Crippen molar-refractivity contribution in [1.29, 1.82) is 0 Å². The summed E-state index contributed by atoms with van der Waals surface area (Å²) in [4.78, 5) is 29.0. The van der Waals surface area contributed by atoms with Crippen LogP contribution in [-0.4, -0.2) is 52.0 Å². The molecule has 1 saturated carbocycles. The van der Waals surface area contributed by atoms with Crippen LogP contribution in [0.2, 0.25) is 0 Å². The summed E-state index contributed by atoms with van der Waals surface area (Å²) in [5.74, 6) is -3.07. The van der Waals surface area contributed by atoms with Gasteiger partial charge in [-0.05, 0) is 81.7 Å². The number of hydrogen-bond acceptors (Lipinski definition) is 7. The minimum atomic E-state index is -4.78. The van der Waals surface area contributed by atoms with Crippen LogP contribution in [0.25, 0.3) is 10.9 Å². The highest BCUT2D eigenvalue weighted by atomic mass is 19.4. The number of dihydropyridines is 1. The van der Waals surface area contributed by atoms with Crippen molar-refractivity contribution in [2.24, 2.45) is 11.7 Å². The van der Waals surface area contributed by atoms with Crippen molar-refractivity contribution in [2.75, 3.05) is 13.2 Å². The lowest BCUT2D eigenvalue weighted by Crippen LogP contribution is -2.49. The van der Waals surface area contributed by atoms with Crippen LogP contribution in [0, 0.1) is 5.92 Å². The number of H-pyrrole nitrogens is 1. The van der Waals surface area contributed by atoms with E-state index in [0.717, 1.165) is 42.7 Å². The third kappa shape index (κ3) is 7.55. The Labute approximate surface area is 277 Å². The number of benzene rings is 2. The first kappa shape index (κ1) is 35.0. The molecular formula is C36H42F3N3O6. The fraction of sp³-hybridized carbons (Fsp3) is 0.444. The number of carboxylic acids is 1. The molecule has 2 aromatic carbocycles. The van der Waals surface area contributed by atoms with Crippen molar-refractivity contribution in [3.8, 4) is 5.75 Å². The fourth-order valence-electron chi connectivity index (χ4n) is 7.35. The molecule has 1 fully saturated rings. The van der Waals surface area contributed by atoms with Gasteiger partial charge < -0.3 is 35.7 Å². The number of carboxylic acid groups (broad SMARTS) is 1. The number of aromatic amines is 1. The minimum Gasteiger partial charge on any atom is -0.490 e. The molecule has 2 aliphatic rings. The largest absolute Gasteiger partial charge is 0.490 e. The lowest BCUT2D eigenvalue weighted by atomic mass is 9.76. The van der Waals surface area contributed by atoms with Gasteiger partial charge in [0.15, 0.2) is 0 Å². The number of aromatic nitrogens is 1. The number of aliphatic hydroxyl groups is 1. The Balaban J connectivity index is 1.27. The first-order valence-electron chi connectivity index (χ1n) is 16.2. The highest BCUT2D eigenvalue weighted by Crippen LogP contribution is 2.44. The van der Waals surface area contributed by atoms with Gasteiger partial charge in [0.2, 0.25) is 0 Å². The molecule has 9 nitrogen and oxygen atoms in total. The van der Waals surface area contributed by atoms with Crippen molar-refractivity contribution < 1.29 is 42.4 Å². The summed E-state index contributed by atoms with van der Waals surface area (Å²) >= 11 is 0. The van der Waals surface area contributed by atoms with E-state index in [1.807, 2.05) is 30.5 Å². The summed E-state index contributed by atoms with van der Waals surface area (Å²) in [6.07, 6.45) is 1.09. The van der Waals surface area contributed by atoms with Crippen LogP contribution in [0.4, 0.5) is 13.2 Å². The summed E-state index contributed by atoms with van der Waals surface area (Å²) in [5.41, 5.74) is 5.55. The smallest absolute Gasteiger partial charge is 0.416 e. The summed E-state index contributed by atoms with van der Waals surface area (Å²) in [6.45, 7) is 2.91. The molecule has 1 aromatic heterocycles. The van der Waals surface area contributed by atoms with Gasteiger partial charge in [-0.15, -0.1) is 0 Å². The molecule has 258 valence electrons. The number of aliphatic carboxylic acids is 1. The molecule has 48 heavy (non-hydrogen) atoms. The predicted octanol–water partition coefficient (Wildman–Crippen LogP) is 6.55. The summed E-state index contributed by atoms with van der Waals surface area (Å²) in [5, 5.41) is 24.8. The van der Waals surface area contributed by atoms with Crippen LogP contribution in [0.3, 0.4) is 0 Å². The van der Waals surface area contributed by atoms with E-state index in [4.69, 9.17) is 15.2 Å². The van der Waals surface area contributed by atoms with Crippen LogP contribution >= 0.6 is 0 Å². The van der Waals surface area contributed by atoms with Crippen LogP contribution in [-0.2, 0) is 20.5 Å². The van der Waals surface area contributed by atoms with Gasteiger partial charge in [-0.2, -0.15) is 13.2 Å². The van der Waals surface area contributed by atoms with Gasteiger partial charge >= 0.3 is 18.1 Å². The van der Waals surface area contributed by atoms with Crippen molar-refractivity contribution in [1.82, 2.24) is 10.3 Å². The summed E-state index contributed by atoms with van der Waals surface area (Å²) in [7, 11) is 0. The molecule has 1 aliphatic carbocycles. The van der Waals surface area contributed by atoms with Gasteiger partial charge in [0.25, 0.3) is 0 Å². The molecule has 3 atom stereocenters. The number of hydrogen-bond donors (Lipinski definition) is 5. The van der Waals surface area contributed by atoms with E-state index in [2.05, 4.69) is 10.3 Å². The minimum absolute atomic E-state index is 0.0466. The Morgan fingerprint density at radius 2 is 1.73 bits per heavy atom. The Morgan fingerprint density at radius 1 is 1.02 bits per heavy atom. The van der Waals surface area contributed by atoms with E-state index in [1.165, 1.54) is 32.0 Å². The maximum absolute atomic E-state index is 14.1. The Kier molecular flexibility index (Phi) is 10.5. The Bertz CT molecular complexity index is 1710. The van der Waals surface area contributed by atoms with E-state index in [-0.39, 0.29) is 53.7 Å². The van der Waals surface area contributed by atoms with Gasteiger partial charge in [-0.3, -0.25) is 0 Å². The lowest BCUT2D eigenvalue weighted by molar-refractivity contribution is -0.141. The summed E-state index contributed by atoms with van der Waals surface area (Å²) in [6, 6.07) is 12.2. The van der Waals surface area contributed by atoms with Gasteiger partial charge in [0.05, 0.1) is 35.3 Å². The maximum atomic E-state index is 14.1. The molecule has 3 aromatic rings. The van der Waals surface area contributed by atoms with E-state index >= 15 is 0 Å². The number of carbonyl (C=O) groups excluding carboxylic acids is 1. The van der Waals surface area contributed by atoms with Crippen molar-refractivity contribution >= 4 is 22.8 Å². The molecule has 0 bridgehead atoms. The van der Waals surface area contributed by atoms with Crippen molar-refractivity contribution in [2.45, 2.75) is 82.5 Å². The van der Waals surface area contributed by atoms with Crippen LogP contribution in [0.1, 0.15) is 75.8 Å². The molecule has 6 N–H and O–H groups in total. The van der Waals surface area contributed by atoms with Gasteiger partial charge in [-0.25, -0.2) is 9.59 Å². The molecule has 5 rings (SSSR count). The topological polar surface area (TPSA) is 147 Å². The average molecular weight is 670 g/mol. The third-order valence-electron chi connectivity index (χ3n) is 9.58. The van der Waals surface area contributed by atoms with Crippen LogP contribution < -0.4 is 15.8 Å². The van der Waals surface area contributed by atoms with Crippen molar-refractivity contribution in [3.05, 3.63) is 88.4 Å². The molecule has 0 spiro atoms. The molecule has 0 radical (unpaired) electrons. The van der Waals surface area contributed by atoms with E-state index in [1.54, 1.807) is 0 Å². The number of alkyl halides is 3. The van der Waals surface area contributed by atoms with Crippen LogP contribution in [0.15, 0.2) is 77.3 Å². The molecule has 0 amide bonds. The SMILES string of the molecule is CC1=C(C(=O)O)C(c2ccccc2C(F)(F)F)C(C(=O)OCCCC(N)(CC(O)COc2cccc3[nH]ccc23)C2CCCC2)=C(C)N1. The number of carbonyl (C=O) groups is 2. The molecule has 1 aliphatic heterocycles. The maximum Gasteiger partial charge on any atom is 0.416 e. The zero-order valence-electron chi connectivity index (χ0n) is 27.0. The number of ether oxygens (including phenoxy) is 2. The highest BCUT2D eigenvalue weighted by Gasteiger charge is 2.43. The lowest BCUT2D eigenvalue weighted by Gasteiger charge is -2.37. The normalized spacial score (nSPS) is 19.3. The summed E-state index contributed by atoms with van der Waals surface area (Å²) < 4.78 is 53.8. The second kappa shape index (κ2) is 14.4. The van der Waals surface area contributed by atoms with E-state index < -0.39 is 41.2 Å². The average Bonchev–Trinajstić information content (AvgIpc) is 3.75. The number of nitrogens with one attached hydrogen (secondary N) is 2. The van der Waals surface area contributed by atoms with Crippen molar-refractivity contribution in [3.63, 3.8) is 0 Å². The third-order valence-corrected chi connectivity index (χ3v) is 9.58. The van der Waals surface area contributed by atoms with E-state index in [0.29, 0.717) is 18.6 Å². The molecule has 0 saturated heterocycles. The zero-order valence-corrected chi connectivity index (χ0v) is 27.0. The fourth-order valence-corrected chi connectivity index (χ4v) is 7.35. The first-order valence-corrected chi connectivity index (χ1v) is 16.2. The standard InChI is InChI=1S/C36H42F3N3O6/c1-21-30(33(44)45)32(25-11-5-6-12-27(25)36(37,38)39)31(22(2)42-21)34(46)47-18-8-16-35(40,23-9-3-4-10-23)19-24(43)20-48-29-14-7-13-28-26(29)15-17-41-28/h5-7,11-15,17,23-24,32,41-43H,3-4,8-10,16,18-20,40H2,1-2H3,(H,44,45). The molecule has 2 heterocycles. The van der Waals surface area contributed by atoms with Gasteiger partial charge in [0.1, 0.15) is 12.4 Å². The number of allylic oxidation sites excluding steroid dienone is 2. The molecule has 12 heteroatoms. The van der Waals surface area contributed by atoms with E-state index in [9.17, 15) is 33.0 Å². The number of esters is 1. The Hall–Kier alpha value is -4.29. The second-order valence-corrected chi connectivity index (χ2v) is 12.8. The number of halogens is 3.